The van der Waals surface area contributed by atoms with E-state index in [0.717, 1.165) is 89.8 Å². The van der Waals surface area contributed by atoms with Gasteiger partial charge in [0.05, 0.1) is 17.2 Å². The number of hydrogen-bond acceptors (Lipinski definition) is 5. The number of benzene rings is 6. The Hall–Kier alpha value is -6.38. The van der Waals surface area contributed by atoms with Crippen LogP contribution < -0.4 is 0 Å². The van der Waals surface area contributed by atoms with Crippen LogP contribution in [-0.4, -0.2) is 15.0 Å². The summed E-state index contributed by atoms with van der Waals surface area (Å²) in [5.74, 6) is 4.08. The molecule has 6 aromatic carbocycles. The molecule has 0 amide bonds. The molecule has 11 rings (SSSR count). The minimum Gasteiger partial charge on any atom is -0.455 e. The first-order valence-corrected chi connectivity index (χ1v) is 21.2. The number of furan rings is 1. The van der Waals surface area contributed by atoms with Gasteiger partial charge in [-0.3, -0.25) is 0 Å². The first-order chi connectivity index (χ1) is 28.7. The number of rotatable bonds is 5. The van der Waals surface area contributed by atoms with Crippen LogP contribution in [0, 0.1) is 29.1 Å². The van der Waals surface area contributed by atoms with Crippen molar-refractivity contribution in [2.45, 2.75) is 70.6 Å². The van der Waals surface area contributed by atoms with E-state index < -0.39 is 0 Å². The molecule has 3 aliphatic carbocycles. The average Bonchev–Trinajstić information content (AvgIpc) is 3.75. The molecule has 2 heterocycles. The Kier molecular flexibility index (Phi) is 8.08. The Labute approximate surface area is 345 Å². The van der Waals surface area contributed by atoms with Crippen molar-refractivity contribution in [3.63, 3.8) is 0 Å². The summed E-state index contributed by atoms with van der Waals surface area (Å²) in [6, 6.07) is 47.2. The third-order valence-corrected chi connectivity index (χ3v) is 13.9. The fourth-order valence-electron chi connectivity index (χ4n) is 11.8. The maximum Gasteiger partial charge on any atom is 0.167 e. The van der Waals surface area contributed by atoms with Crippen LogP contribution in [0.3, 0.4) is 0 Å². The summed E-state index contributed by atoms with van der Waals surface area (Å²) in [7, 11) is 0. The zero-order valence-corrected chi connectivity index (χ0v) is 34.1. The quantitative estimate of drug-likeness (QED) is 0.174. The molecule has 2 aromatic heterocycles. The van der Waals surface area contributed by atoms with E-state index in [9.17, 15) is 5.26 Å². The second-order valence-corrected chi connectivity index (χ2v) is 18.4. The summed E-state index contributed by atoms with van der Waals surface area (Å²) in [5, 5.41) is 12.3. The lowest BCUT2D eigenvalue weighted by Crippen LogP contribution is -2.42. The van der Waals surface area contributed by atoms with Crippen molar-refractivity contribution >= 4 is 21.9 Å². The number of nitriles is 1. The van der Waals surface area contributed by atoms with Gasteiger partial charge in [-0.1, -0.05) is 131 Å². The molecule has 0 spiro atoms. The van der Waals surface area contributed by atoms with Gasteiger partial charge in [0.15, 0.2) is 17.5 Å². The number of para-hydroxylation sites is 1. The van der Waals surface area contributed by atoms with E-state index in [-0.39, 0.29) is 10.8 Å². The molecule has 0 aliphatic heterocycles. The van der Waals surface area contributed by atoms with E-state index in [4.69, 9.17) is 19.4 Å². The van der Waals surface area contributed by atoms with Crippen LogP contribution in [0.1, 0.15) is 82.1 Å². The van der Waals surface area contributed by atoms with Gasteiger partial charge in [0, 0.05) is 27.3 Å². The summed E-state index contributed by atoms with van der Waals surface area (Å²) in [4.78, 5) is 15.9. The van der Waals surface area contributed by atoms with Gasteiger partial charge in [-0.25, -0.2) is 15.0 Å². The van der Waals surface area contributed by atoms with Crippen molar-refractivity contribution in [1.82, 2.24) is 15.0 Å². The van der Waals surface area contributed by atoms with Gasteiger partial charge in [0.1, 0.15) is 11.2 Å². The van der Waals surface area contributed by atoms with E-state index in [1.54, 1.807) is 0 Å². The summed E-state index contributed by atoms with van der Waals surface area (Å²) < 4.78 is 6.70. The average molecular weight is 767 g/mol. The SMILES string of the molecule is CC1C[C@@H]2C[C@H](C)CC(c3ccc(-c4nc(-c5cccc6c5-c5cccc(C#N)c5C6(C)C)nc(-c5cccc6c5oc5ccc(-c7ccccc7)cc56)n4)cc3)(C1)C2. The highest BCUT2D eigenvalue weighted by Gasteiger charge is 2.45. The number of fused-ring (bicyclic) bond motifs is 8. The van der Waals surface area contributed by atoms with Crippen molar-refractivity contribution in [2.75, 3.05) is 0 Å². The standard InChI is InChI=1S/C54H46N4O/c1-32-25-34-26-33(2)29-54(28-32,30-34)39-22-19-36(20-23-39)50-56-51(42-16-10-18-45-47(42)41-15-8-13-38(31-55)48(41)53(45,3)4)58-52(57-50)43-17-9-14-40-44-27-37(35-11-6-5-7-12-35)21-24-46(44)59-49(40)43/h5-24,27,32-34H,25-26,28-30H2,1-4H3/t32-,33?,34-,54?/m0/s1. The fraction of sp³-hybridized carbons (Fsp3) is 0.259. The topological polar surface area (TPSA) is 75.6 Å². The molecule has 2 unspecified atom stereocenters. The van der Waals surface area contributed by atoms with Crippen LogP contribution >= 0.6 is 0 Å². The molecule has 4 atom stereocenters. The van der Waals surface area contributed by atoms with E-state index in [0.29, 0.717) is 23.0 Å². The lowest BCUT2D eigenvalue weighted by atomic mass is 9.54. The summed E-state index contributed by atoms with van der Waals surface area (Å²) in [6.07, 6.45) is 6.52. The van der Waals surface area contributed by atoms with Gasteiger partial charge in [0.25, 0.3) is 0 Å². The maximum absolute atomic E-state index is 10.2. The zero-order chi connectivity index (χ0) is 40.0. The van der Waals surface area contributed by atoms with E-state index >= 15 is 0 Å². The molecular formula is C54H46N4O. The van der Waals surface area contributed by atoms with Crippen LogP contribution in [0.25, 0.3) is 78.4 Å². The largest absolute Gasteiger partial charge is 0.455 e. The molecule has 5 heteroatoms. The zero-order valence-electron chi connectivity index (χ0n) is 34.1. The predicted octanol–water partition coefficient (Wildman–Crippen LogP) is 13.7. The lowest BCUT2D eigenvalue weighted by Gasteiger charge is -2.50. The van der Waals surface area contributed by atoms with Gasteiger partial charge in [-0.15, -0.1) is 0 Å². The molecule has 2 fully saturated rings. The van der Waals surface area contributed by atoms with Crippen molar-refractivity contribution in [2.24, 2.45) is 17.8 Å². The highest BCUT2D eigenvalue weighted by molar-refractivity contribution is 6.10. The number of hydrogen-bond donors (Lipinski definition) is 0. The Morgan fingerprint density at radius 3 is 2.03 bits per heavy atom. The Morgan fingerprint density at radius 1 is 0.610 bits per heavy atom. The van der Waals surface area contributed by atoms with Crippen LogP contribution in [0.5, 0.6) is 0 Å². The summed E-state index contributed by atoms with van der Waals surface area (Å²) in [6.45, 7) is 9.32. The fourth-order valence-corrected chi connectivity index (χ4v) is 11.8. The van der Waals surface area contributed by atoms with Gasteiger partial charge in [0.2, 0.25) is 0 Å². The molecular weight excluding hydrogens is 721 g/mol. The van der Waals surface area contributed by atoms with E-state index in [1.807, 2.05) is 18.2 Å². The van der Waals surface area contributed by atoms with Crippen LogP contribution in [-0.2, 0) is 10.8 Å². The molecule has 3 aliphatic rings. The molecule has 5 nitrogen and oxygen atoms in total. The van der Waals surface area contributed by atoms with Crippen LogP contribution in [0.4, 0.5) is 0 Å². The normalized spacial score (nSPS) is 21.6. The first-order valence-electron chi connectivity index (χ1n) is 21.2. The first kappa shape index (κ1) is 35.8. The smallest absolute Gasteiger partial charge is 0.167 e. The van der Waals surface area contributed by atoms with Gasteiger partial charge in [-0.05, 0) is 118 Å². The second-order valence-electron chi connectivity index (χ2n) is 18.4. The molecule has 0 radical (unpaired) electrons. The van der Waals surface area contributed by atoms with Gasteiger partial charge in [-0.2, -0.15) is 5.26 Å². The minimum absolute atomic E-state index is 0.234. The van der Waals surface area contributed by atoms with E-state index in [2.05, 4.69) is 143 Å². The molecule has 2 saturated carbocycles. The third kappa shape index (κ3) is 5.68. The second kappa shape index (κ2) is 13.3. The highest BCUT2D eigenvalue weighted by Crippen LogP contribution is 2.55. The van der Waals surface area contributed by atoms with Crippen LogP contribution in [0.15, 0.2) is 132 Å². The number of nitrogens with zero attached hydrogens (tertiary/aromatic N) is 4. The van der Waals surface area contributed by atoms with Crippen molar-refractivity contribution in [1.29, 1.82) is 5.26 Å². The van der Waals surface area contributed by atoms with Crippen LogP contribution in [0.2, 0.25) is 0 Å². The third-order valence-electron chi connectivity index (χ3n) is 13.9. The monoisotopic (exact) mass is 766 g/mol. The number of aromatic nitrogens is 3. The molecule has 59 heavy (non-hydrogen) atoms. The Balaban J connectivity index is 1.10. The highest BCUT2D eigenvalue weighted by atomic mass is 16.3. The Bertz CT molecular complexity index is 2990. The molecule has 0 N–H and O–H groups in total. The van der Waals surface area contributed by atoms with Crippen molar-refractivity contribution < 1.29 is 4.42 Å². The molecule has 8 aromatic rings. The summed E-state index contributed by atoms with van der Waals surface area (Å²) >= 11 is 0. The molecule has 0 saturated heterocycles. The molecule has 2 bridgehead atoms. The predicted molar refractivity (Wildman–Crippen MR) is 238 cm³/mol. The summed E-state index contributed by atoms with van der Waals surface area (Å²) in [5.41, 5.74) is 12.9. The van der Waals surface area contributed by atoms with E-state index in [1.165, 1.54) is 37.7 Å². The van der Waals surface area contributed by atoms with Crippen molar-refractivity contribution in [3.8, 4) is 62.5 Å². The molecule has 288 valence electrons. The lowest BCUT2D eigenvalue weighted by molar-refractivity contribution is 0.0780. The maximum atomic E-state index is 10.2. The minimum atomic E-state index is -0.369. The van der Waals surface area contributed by atoms with Gasteiger partial charge < -0.3 is 4.42 Å². The van der Waals surface area contributed by atoms with Gasteiger partial charge >= 0.3 is 0 Å². The van der Waals surface area contributed by atoms with Crippen molar-refractivity contribution in [3.05, 3.63) is 150 Å². The Morgan fingerprint density at radius 2 is 1.27 bits per heavy atom.